The van der Waals surface area contributed by atoms with Crippen LogP contribution in [0.2, 0.25) is 0 Å². The van der Waals surface area contributed by atoms with Crippen molar-refractivity contribution in [3.05, 3.63) is 12.2 Å². The molecular formula is C43H82NO10P. The summed E-state index contributed by atoms with van der Waals surface area (Å²) in [5, 5.41) is 8.88. The quantitative estimate of drug-likeness (QED) is 0.0232. The summed E-state index contributed by atoms with van der Waals surface area (Å²) in [6, 6.07) is -1.52. The lowest BCUT2D eigenvalue weighted by Crippen LogP contribution is -2.34. The van der Waals surface area contributed by atoms with Crippen LogP contribution < -0.4 is 5.73 Å². The molecule has 0 radical (unpaired) electrons. The molecule has 0 bridgehead atoms. The van der Waals surface area contributed by atoms with Gasteiger partial charge in [-0.1, -0.05) is 174 Å². The van der Waals surface area contributed by atoms with E-state index in [4.69, 9.17) is 24.8 Å². The van der Waals surface area contributed by atoms with Gasteiger partial charge in [-0.05, 0) is 38.5 Å². The Morgan fingerprint density at radius 2 is 0.909 bits per heavy atom. The number of carbonyl (C=O) groups excluding carboxylic acids is 2. The molecule has 0 rings (SSSR count). The topological polar surface area (TPSA) is 172 Å². The molecule has 0 heterocycles. The van der Waals surface area contributed by atoms with Gasteiger partial charge in [0.1, 0.15) is 12.6 Å². The zero-order valence-corrected chi connectivity index (χ0v) is 35.9. The van der Waals surface area contributed by atoms with Gasteiger partial charge in [-0.3, -0.25) is 23.4 Å². The van der Waals surface area contributed by atoms with Crippen LogP contribution in [0, 0.1) is 0 Å². The molecule has 0 aromatic heterocycles. The SMILES string of the molecule is CCCCCCCC/C=C\CCCCCCCCCC(=O)OC[C@H](COP(=O)(O)OC[C@H](N)C(=O)O)OC(=O)CCCCCCCCCCCCCCCC. The second-order valence-electron chi connectivity index (χ2n) is 15.2. The van der Waals surface area contributed by atoms with E-state index in [1.807, 2.05) is 0 Å². The average molecular weight is 804 g/mol. The maximum absolute atomic E-state index is 12.6. The predicted molar refractivity (Wildman–Crippen MR) is 222 cm³/mol. The van der Waals surface area contributed by atoms with Gasteiger partial charge in [0.05, 0.1) is 13.2 Å². The van der Waals surface area contributed by atoms with E-state index in [1.54, 1.807) is 0 Å². The zero-order valence-electron chi connectivity index (χ0n) is 35.0. The largest absolute Gasteiger partial charge is 0.480 e. The Bertz CT molecular complexity index is 995. The normalized spacial score (nSPS) is 13.8. The van der Waals surface area contributed by atoms with Gasteiger partial charge in [0.15, 0.2) is 6.10 Å². The van der Waals surface area contributed by atoms with E-state index in [1.165, 1.54) is 128 Å². The molecule has 0 fully saturated rings. The minimum atomic E-state index is -4.71. The highest BCUT2D eigenvalue weighted by molar-refractivity contribution is 7.47. The van der Waals surface area contributed by atoms with Gasteiger partial charge in [-0.15, -0.1) is 0 Å². The van der Waals surface area contributed by atoms with Gasteiger partial charge in [0.25, 0.3) is 0 Å². The first kappa shape index (κ1) is 53.2. The van der Waals surface area contributed by atoms with Crippen LogP contribution in [0.5, 0.6) is 0 Å². The summed E-state index contributed by atoms with van der Waals surface area (Å²) in [5.74, 6) is -2.37. The summed E-state index contributed by atoms with van der Waals surface area (Å²) in [7, 11) is -4.71. The van der Waals surface area contributed by atoms with Crippen LogP contribution in [-0.4, -0.2) is 59.9 Å². The van der Waals surface area contributed by atoms with Crippen LogP contribution in [0.25, 0.3) is 0 Å². The summed E-state index contributed by atoms with van der Waals surface area (Å²) < 4.78 is 32.7. The van der Waals surface area contributed by atoms with Gasteiger partial charge < -0.3 is 25.2 Å². The highest BCUT2D eigenvalue weighted by atomic mass is 31.2. The summed E-state index contributed by atoms with van der Waals surface area (Å²) >= 11 is 0. The van der Waals surface area contributed by atoms with Crippen LogP contribution in [0.15, 0.2) is 12.2 Å². The zero-order chi connectivity index (χ0) is 40.7. The molecule has 4 N–H and O–H groups in total. The number of phosphoric acid groups is 1. The number of esters is 2. The van der Waals surface area contributed by atoms with Crippen molar-refractivity contribution < 1.29 is 47.5 Å². The number of carboxylic acids is 1. The Morgan fingerprint density at radius 3 is 1.33 bits per heavy atom. The molecule has 0 spiro atoms. The highest BCUT2D eigenvalue weighted by Crippen LogP contribution is 2.43. The number of carboxylic acid groups (broad SMARTS) is 1. The van der Waals surface area contributed by atoms with E-state index in [0.717, 1.165) is 44.9 Å². The summed E-state index contributed by atoms with van der Waals surface area (Å²) in [6.07, 6.45) is 38.4. The number of rotatable bonds is 42. The Labute approximate surface area is 335 Å². The Balaban J connectivity index is 4.32. The first-order valence-electron chi connectivity index (χ1n) is 22.2. The maximum Gasteiger partial charge on any atom is 0.472 e. The number of hydrogen-bond acceptors (Lipinski definition) is 9. The lowest BCUT2D eigenvalue weighted by atomic mass is 10.0. The van der Waals surface area contributed by atoms with Crippen molar-refractivity contribution in [3.63, 3.8) is 0 Å². The maximum atomic E-state index is 12.6. The number of phosphoric ester groups is 1. The summed E-state index contributed by atoms with van der Waals surface area (Å²) in [4.78, 5) is 45.9. The fraction of sp³-hybridized carbons (Fsp3) is 0.884. The number of aliphatic carboxylic acids is 1. The van der Waals surface area contributed by atoms with Crippen molar-refractivity contribution in [2.45, 2.75) is 225 Å². The number of carbonyl (C=O) groups is 3. The van der Waals surface area contributed by atoms with Crippen molar-refractivity contribution in [1.29, 1.82) is 0 Å². The monoisotopic (exact) mass is 804 g/mol. The first-order chi connectivity index (χ1) is 26.6. The number of ether oxygens (including phenoxy) is 2. The number of allylic oxidation sites excluding steroid dienone is 2. The third-order valence-electron chi connectivity index (χ3n) is 9.76. The molecule has 12 heteroatoms. The van der Waals surface area contributed by atoms with Gasteiger partial charge in [0, 0.05) is 12.8 Å². The molecule has 324 valence electrons. The van der Waals surface area contributed by atoms with Crippen LogP contribution in [0.4, 0.5) is 0 Å². The van der Waals surface area contributed by atoms with Crippen LogP contribution in [-0.2, 0) is 37.5 Å². The van der Waals surface area contributed by atoms with E-state index in [-0.39, 0.29) is 19.4 Å². The molecule has 55 heavy (non-hydrogen) atoms. The Morgan fingerprint density at radius 1 is 0.545 bits per heavy atom. The van der Waals surface area contributed by atoms with Crippen LogP contribution in [0.3, 0.4) is 0 Å². The molecule has 0 aliphatic carbocycles. The Kier molecular flexibility index (Phi) is 37.8. The fourth-order valence-corrected chi connectivity index (χ4v) is 7.02. The number of unbranched alkanes of at least 4 members (excludes halogenated alkanes) is 26. The molecule has 3 atom stereocenters. The smallest absolute Gasteiger partial charge is 0.472 e. The van der Waals surface area contributed by atoms with Gasteiger partial charge in [-0.25, -0.2) is 4.57 Å². The van der Waals surface area contributed by atoms with Crippen molar-refractivity contribution in [2.24, 2.45) is 5.73 Å². The molecule has 0 aliphatic heterocycles. The van der Waals surface area contributed by atoms with Gasteiger partial charge in [-0.2, -0.15) is 0 Å². The highest BCUT2D eigenvalue weighted by Gasteiger charge is 2.28. The standard InChI is InChI=1S/C43H82NO10P/c1-3-5-7-9-11-13-15-17-19-20-21-23-24-26-28-30-32-34-41(45)51-36-39(37-52-55(49,50)53-38-40(44)43(47)48)54-42(46)35-33-31-29-27-25-22-18-16-14-12-10-8-6-4-2/h17,19,39-40H,3-16,18,20-38,44H2,1-2H3,(H,47,48)(H,49,50)/b19-17-/t39-,40+/m1/s1. The molecule has 0 amide bonds. The molecule has 0 saturated carbocycles. The van der Waals surface area contributed by atoms with Crippen molar-refractivity contribution >= 4 is 25.7 Å². The number of hydrogen-bond donors (Lipinski definition) is 3. The average Bonchev–Trinajstić information content (AvgIpc) is 3.16. The molecule has 0 saturated heterocycles. The fourth-order valence-electron chi connectivity index (χ4n) is 6.24. The lowest BCUT2D eigenvalue weighted by Gasteiger charge is -2.20. The van der Waals surface area contributed by atoms with Crippen molar-refractivity contribution in [3.8, 4) is 0 Å². The van der Waals surface area contributed by atoms with E-state index in [0.29, 0.717) is 12.8 Å². The summed E-state index contributed by atoms with van der Waals surface area (Å²) in [5.41, 5.74) is 5.33. The third kappa shape index (κ3) is 38.9. The van der Waals surface area contributed by atoms with E-state index in [2.05, 4.69) is 30.5 Å². The van der Waals surface area contributed by atoms with Gasteiger partial charge in [0.2, 0.25) is 0 Å². The summed E-state index contributed by atoms with van der Waals surface area (Å²) in [6.45, 7) is 2.81. The van der Waals surface area contributed by atoms with Gasteiger partial charge >= 0.3 is 25.7 Å². The molecule has 1 unspecified atom stereocenters. The third-order valence-corrected chi connectivity index (χ3v) is 10.7. The van der Waals surface area contributed by atoms with Crippen molar-refractivity contribution in [1.82, 2.24) is 0 Å². The van der Waals surface area contributed by atoms with Crippen LogP contribution >= 0.6 is 7.82 Å². The molecule has 0 aromatic carbocycles. The first-order valence-corrected chi connectivity index (χ1v) is 23.7. The molecule has 11 nitrogen and oxygen atoms in total. The Hall–Kier alpha value is -1.78. The molecular weight excluding hydrogens is 721 g/mol. The predicted octanol–water partition coefficient (Wildman–Crippen LogP) is 11.7. The second kappa shape index (κ2) is 39.1. The minimum Gasteiger partial charge on any atom is -0.480 e. The van der Waals surface area contributed by atoms with Crippen molar-refractivity contribution in [2.75, 3.05) is 19.8 Å². The second-order valence-corrected chi connectivity index (χ2v) is 16.6. The lowest BCUT2D eigenvalue weighted by molar-refractivity contribution is -0.161. The van der Waals surface area contributed by atoms with E-state index >= 15 is 0 Å². The van der Waals surface area contributed by atoms with Crippen LogP contribution in [0.1, 0.15) is 213 Å². The minimum absolute atomic E-state index is 0.166. The molecule has 0 aromatic rings. The molecule has 0 aliphatic rings. The van der Waals surface area contributed by atoms with E-state index < -0.39 is 51.1 Å². The van der Waals surface area contributed by atoms with E-state index in [9.17, 15) is 23.8 Å². The number of nitrogens with two attached hydrogens (primary N) is 1.